The summed E-state index contributed by atoms with van der Waals surface area (Å²) in [6.07, 6.45) is 4.17. The van der Waals surface area contributed by atoms with Gasteiger partial charge in [0.15, 0.2) is 0 Å². The average Bonchev–Trinajstić information content (AvgIpc) is 3.07. The summed E-state index contributed by atoms with van der Waals surface area (Å²) in [6.45, 7) is 5.48. The molecule has 1 aromatic heterocycles. The molecule has 0 aliphatic heterocycles. The molecule has 0 aromatic carbocycles. The minimum absolute atomic E-state index is 0.346. The van der Waals surface area contributed by atoms with Crippen LogP contribution in [0.1, 0.15) is 42.7 Å². The van der Waals surface area contributed by atoms with Crippen molar-refractivity contribution in [3.63, 3.8) is 0 Å². The Morgan fingerprint density at radius 1 is 1.53 bits per heavy atom. The number of methoxy groups -OCH3 is 1. The highest BCUT2D eigenvalue weighted by Gasteiger charge is 2.38. The van der Waals surface area contributed by atoms with Gasteiger partial charge < -0.3 is 10.1 Å². The zero-order chi connectivity index (χ0) is 12.3. The van der Waals surface area contributed by atoms with Crippen LogP contribution in [0.5, 0.6) is 0 Å². The Morgan fingerprint density at radius 2 is 2.29 bits per heavy atom. The first-order chi connectivity index (χ1) is 8.27. The molecule has 2 nitrogen and oxygen atoms in total. The lowest BCUT2D eigenvalue weighted by Crippen LogP contribution is -2.35. The van der Waals surface area contributed by atoms with E-state index < -0.39 is 0 Å². The van der Waals surface area contributed by atoms with Crippen molar-refractivity contribution in [2.24, 2.45) is 5.92 Å². The third kappa shape index (κ3) is 3.09. The molecule has 1 N–H and O–H groups in total. The second kappa shape index (κ2) is 5.98. The third-order valence-electron chi connectivity index (χ3n) is 3.49. The number of hydrogen-bond donors (Lipinski definition) is 1. The molecule has 2 rings (SSSR count). The van der Waals surface area contributed by atoms with Crippen LogP contribution in [0.4, 0.5) is 0 Å². The van der Waals surface area contributed by atoms with Crippen molar-refractivity contribution >= 4 is 11.3 Å². The number of aryl methyl sites for hydroxylation is 1. The molecule has 2 unspecified atom stereocenters. The molecule has 1 fully saturated rings. The molecule has 2 atom stereocenters. The monoisotopic (exact) mass is 253 g/mol. The van der Waals surface area contributed by atoms with Crippen LogP contribution in [-0.2, 0) is 4.74 Å². The van der Waals surface area contributed by atoms with Crippen molar-refractivity contribution in [3.8, 4) is 0 Å². The minimum atomic E-state index is 0.346. The predicted octanol–water partition coefficient (Wildman–Crippen LogP) is 3.52. The highest BCUT2D eigenvalue weighted by atomic mass is 32.1. The van der Waals surface area contributed by atoms with E-state index in [0.29, 0.717) is 12.1 Å². The van der Waals surface area contributed by atoms with Gasteiger partial charge in [-0.15, -0.1) is 11.3 Å². The molecule has 0 spiro atoms. The standard InChI is InChI=1S/C14H23NOS/c1-4-8-15-12(13(16-3)11-5-6-11)14-10(2)7-9-17-14/h7,9,11-13,15H,4-6,8H2,1-3H3. The van der Waals surface area contributed by atoms with Gasteiger partial charge in [-0.3, -0.25) is 0 Å². The molecular weight excluding hydrogens is 230 g/mol. The van der Waals surface area contributed by atoms with Gasteiger partial charge in [0.25, 0.3) is 0 Å². The fraction of sp³-hybridized carbons (Fsp3) is 0.714. The quantitative estimate of drug-likeness (QED) is 0.802. The lowest BCUT2D eigenvalue weighted by atomic mass is 10.0. The highest BCUT2D eigenvalue weighted by Crippen LogP contribution is 2.41. The molecule has 1 heterocycles. The SMILES string of the molecule is CCCNC(c1sccc1C)C(OC)C1CC1. The van der Waals surface area contributed by atoms with E-state index in [2.05, 4.69) is 30.6 Å². The first-order valence-corrected chi connectivity index (χ1v) is 7.46. The smallest absolute Gasteiger partial charge is 0.0802 e. The molecule has 0 saturated heterocycles. The van der Waals surface area contributed by atoms with Crippen molar-refractivity contribution in [3.05, 3.63) is 21.9 Å². The molecular formula is C14H23NOS. The first kappa shape index (κ1) is 13.1. The van der Waals surface area contributed by atoms with Crippen LogP contribution >= 0.6 is 11.3 Å². The molecule has 17 heavy (non-hydrogen) atoms. The van der Waals surface area contributed by atoms with Gasteiger partial charge in [-0.2, -0.15) is 0 Å². The number of hydrogen-bond acceptors (Lipinski definition) is 3. The number of rotatable bonds is 7. The van der Waals surface area contributed by atoms with Gasteiger partial charge in [-0.05, 0) is 55.7 Å². The molecule has 0 amide bonds. The van der Waals surface area contributed by atoms with E-state index in [1.165, 1.54) is 29.7 Å². The zero-order valence-electron chi connectivity index (χ0n) is 11.0. The highest BCUT2D eigenvalue weighted by molar-refractivity contribution is 7.10. The minimum Gasteiger partial charge on any atom is -0.379 e. The van der Waals surface area contributed by atoms with E-state index in [1.807, 2.05) is 18.4 Å². The van der Waals surface area contributed by atoms with Gasteiger partial charge in [-0.25, -0.2) is 0 Å². The fourth-order valence-electron chi connectivity index (χ4n) is 2.39. The second-order valence-corrected chi connectivity index (χ2v) is 5.89. The summed E-state index contributed by atoms with van der Waals surface area (Å²) in [5.74, 6) is 0.760. The molecule has 96 valence electrons. The first-order valence-electron chi connectivity index (χ1n) is 6.58. The Labute approximate surface area is 108 Å². The van der Waals surface area contributed by atoms with Crippen LogP contribution in [0.15, 0.2) is 11.4 Å². The van der Waals surface area contributed by atoms with Crippen LogP contribution in [0.2, 0.25) is 0 Å². The Balaban J connectivity index is 2.14. The summed E-state index contributed by atoms with van der Waals surface area (Å²) >= 11 is 1.85. The summed E-state index contributed by atoms with van der Waals surface area (Å²) in [5, 5.41) is 5.86. The van der Waals surface area contributed by atoms with Gasteiger partial charge in [0.05, 0.1) is 12.1 Å². The Morgan fingerprint density at radius 3 is 2.76 bits per heavy atom. The Hall–Kier alpha value is -0.380. The van der Waals surface area contributed by atoms with Gasteiger partial charge >= 0.3 is 0 Å². The van der Waals surface area contributed by atoms with Crippen LogP contribution in [0, 0.1) is 12.8 Å². The van der Waals surface area contributed by atoms with E-state index in [1.54, 1.807) is 0 Å². The molecule has 3 heteroatoms. The van der Waals surface area contributed by atoms with Crippen molar-refractivity contribution in [1.29, 1.82) is 0 Å². The van der Waals surface area contributed by atoms with E-state index in [4.69, 9.17) is 4.74 Å². The van der Waals surface area contributed by atoms with Gasteiger partial charge in [0.1, 0.15) is 0 Å². The van der Waals surface area contributed by atoms with Crippen molar-refractivity contribution in [2.75, 3.05) is 13.7 Å². The van der Waals surface area contributed by atoms with Crippen molar-refractivity contribution in [2.45, 2.75) is 45.3 Å². The second-order valence-electron chi connectivity index (χ2n) is 4.94. The maximum atomic E-state index is 5.76. The lowest BCUT2D eigenvalue weighted by molar-refractivity contribution is 0.0516. The van der Waals surface area contributed by atoms with Gasteiger partial charge in [0.2, 0.25) is 0 Å². The topological polar surface area (TPSA) is 21.3 Å². The Kier molecular flexibility index (Phi) is 4.60. The average molecular weight is 253 g/mol. The molecule has 1 aliphatic rings. The normalized spacial score (nSPS) is 19.2. The fourth-order valence-corrected chi connectivity index (χ4v) is 3.42. The summed E-state index contributed by atoms with van der Waals surface area (Å²) in [5.41, 5.74) is 1.39. The van der Waals surface area contributed by atoms with Gasteiger partial charge in [-0.1, -0.05) is 6.92 Å². The summed E-state index contributed by atoms with van der Waals surface area (Å²) in [6, 6.07) is 2.59. The van der Waals surface area contributed by atoms with Crippen LogP contribution in [0.3, 0.4) is 0 Å². The van der Waals surface area contributed by atoms with Crippen molar-refractivity contribution in [1.82, 2.24) is 5.32 Å². The van der Waals surface area contributed by atoms with Crippen molar-refractivity contribution < 1.29 is 4.74 Å². The largest absolute Gasteiger partial charge is 0.379 e. The maximum Gasteiger partial charge on any atom is 0.0802 e. The molecule has 1 aliphatic carbocycles. The molecule has 0 radical (unpaired) electrons. The zero-order valence-corrected chi connectivity index (χ0v) is 11.8. The number of ether oxygens (including phenoxy) is 1. The van der Waals surface area contributed by atoms with E-state index in [9.17, 15) is 0 Å². The van der Waals surface area contributed by atoms with Gasteiger partial charge in [0, 0.05) is 12.0 Å². The number of thiophene rings is 1. The summed E-state index contributed by atoms with van der Waals surface area (Å²) < 4.78 is 5.76. The number of nitrogens with one attached hydrogen (secondary N) is 1. The van der Waals surface area contributed by atoms with E-state index in [-0.39, 0.29) is 0 Å². The summed E-state index contributed by atoms with van der Waals surface area (Å²) in [4.78, 5) is 1.46. The molecule has 1 saturated carbocycles. The van der Waals surface area contributed by atoms with Crippen LogP contribution in [-0.4, -0.2) is 19.8 Å². The molecule has 1 aromatic rings. The summed E-state index contributed by atoms with van der Waals surface area (Å²) in [7, 11) is 1.85. The van der Waals surface area contributed by atoms with E-state index in [0.717, 1.165) is 12.5 Å². The lowest BCUT2D eigenvalue weighted by Gasteiger charge is -2.27. The van der Waals surface area contributed by atoms with Crippen LogP contribution in [0.25, 0.3) is 0 Å². The van der Waals surface area contributed by atoms with E-state index >= 15 is 0 Å². The molecule has 0 bridgehead atoms. The maximum absolute atomic E-state index is 5.76. The predicted molar refractivity (Wildman–Crippen MR) is 73.6 cm³/mol. The van der Waals surface area contributed by atoms with Crippen LogP contribution < -0.4 is 5.32 Å². The Bertz CT molecular complexity index is 346. The third-order valence-corrected chi connectivity index (χ3v) is 4.59.